The summed E-state index contributed by atoms with van der Waals surface area (Å²) in [4.78, 5) is 13.0. The third kappa shape index (κ3) is 3.94. The van der Waals surface area contributed by atoms with E-state index in [4.69, 9.17) is 10.5 Å². The minimum Gasteiger partial charge on any atom is -0.497 e. The van der Waals surface area contributed by atoms with E-state index in [0.717, 1.165) is 11.3 Å². The molecule has 1 aliphatic rings. The van der Waals surface area contributed by atoms with Crippen LogP contribution in [0.25, 0.3) is 0 Å². The molecule has 1 aliphatic heterocycles. The number of carbonyl (C=O) groups excluding carboxylic acids is 1. The number of alkyl halides is 2. The van der Waals surface area contributed by atoms with Crippen molar-refractivity contribution in [2.75, 3.05) is 20.2 Å². The number of likely N-dealkylation sites (tertiary alicyclic amines) is 1. The van der Waals surface area contributed by atoms with E-state index in [-0.39, 0.29) is 18.5 Å². The molecule has 2 atom stereocenters. The topological polar surface area (TPSA) is 55.6 Å². The maximum atomic E-state index is 13.2. The standard InChI is InChI=1S/C16H22F2N2O2/c1-16(17,18)15(21)20-8-7-14(19)12(10-20)9-11-3-5-13(22-2)6-4-11/h3-6,12,14H,7-10,19H2,1-2H3. The fraction of sp³-hybridized carbons (Fsp3) is 0.562. The molecule has 0 radical (unpaired) electrons. The van der Waals surface area contributed by atoms with Gasteiger partial charge in [-0.05, 0) is 36.5 Å². The third-order valence-electron chi connectivity index (χ3n) is 4.11. The highest BCUT2D eigenvalue weighted by Gasteiger charge is 2.39. The minimum atomic E-state index is -3.33. The van der Waals surface area contributed by atoms with Crippen LogP contribution in [0.5, 0.6) is 5.75 Å². The van der Waals surface area contributed by atoms with Crippen molar-refractivity contribution >= 4 is 5.91 Å². The van der Waals surface area contributed by atoms with Crippen LogP contribution in [0.1, 0.15) is 18.9 Å². The number of hydrogen-bond acceptors (Lipinski definition) is 3. The number of amides is 1. The Balaban J connectivity index is 2.03. The number of nitrogens with zero attached hydrogens (tertiary/aromatic N) is 1. The molecule has 1 aromatic carbocycles. The van der Waals surface area contributed by atoms with Gasteiger partial charge in [0.15, 0.2) is 0 Å². The highest BCUT2D eigenvalue weighted by Crippen LogP contribution is 2.25. The van der Waals surface area contributed by atoms with Gasteiger partial charge < -0.3 is 15.4 Å². The molecule has 1 heterocycles. The molecule has 122 valence electrons. The number of hydrogen-bond donors (Lipinski definition) is 1. The molecule has 0 bridgehead atoms. The molecule has 0 aromatic heterocycles. The van der Waals surface area contributed by atoms with Crippen molar-refractivity contribution in [2.24, 2.45) is 11.7 Å². The van der Waals surface area contributed by atoms with E-state index in [1.54, 1.807) is 7.11 Å². The van der Waals surface area contributed by atoms with Crippen molar-refractivity contribution in [1.29, 1.82) is 0 Å². The molecule has 2 N–H and O–H groups in total. The molecule has 0 aliphatic carbocycles. The zero-order valence-corrected chi connectivity index (χ0v) is 12.9. The van der Waals surface area contributed by atoms with Gasteiger partial charge in [-0.15, -0.1) is 0 Å². The minimum absolute atomic E-state index is 0.0200. The van der Waals surface area contributed by atoms with Crippen molar-refractivity contribution in [3.8, 4) is 5.75 Å². The first-order valence-electron chi connectivity index (χ1n) is 7.37. The summed E-state index contributed by atoms with van der Waals surface area (Å²) in [6, 6.07) is 7.48. The Hall–Kier alpha value is -1.69. The molecule has 22 heavy (non-hydrogen) atoms. The van der Waals surface area contributed by atoms with Gasteiger partial charge in [0.25, 0.3) is 5.91 Å². The van der Waals surface area contributed by atoms with Gasteiger partial charge in [0, 0.05) is 26.1 Å². The number of nitrogens with two attached hydrogens (primary N) is 1. The Morgan fingerprint density at radius 2 is 2.05 bits per heavy atom. The Bertz CT molecular complexity index is 514. The lowest BCUT2D eigenvalue weighted by Gasteiger charge is -2.38. The number of rotatable bonds is 4. The van der Waals surface area contributed by atoms with E-state index in [1.807, 2.05) is 24.3 Å². The second-order valence-corrected chi connectivity index (χ2v) is 5.90. The molecule has 2 unspecified atom stereocenters. The quantitative estimate of drug-likeness (QED) is 0.926. The average molecular weight is 312 g/mol. The van der Waals surface area contributed by atoms with Crippen LogP contribution in [0, 0.1) is 5.92 Å². The van der Waals surface area contributed by atoms with Crippen molar-refractivity contribution in [1.82, 2.24) is 4.90 Å². The summed E-state index contributed by atoms with van der Waals surface area (Å²) in [5, 5.41) is 0. The predicted octanol–water partition coefficient (Wildman–Crippen LogP) is 2.07. The molecule has 0 spiro atoms. The molecule has 1 amide bonds. The monoisotopic (exact) mass is 312 g/mol. The van der Waals surface area contributed by atoms with E-state index in [1.165, 1.54) is 4.90 Å². The van der Waals surface area contributed by atoms with E-state index in [2.05, 4.69) is 0 Å². The van der Waals surface area contributed by atoms with Crippen LogP contribution >= 0.6 is 0 Å². The second kappa shape index (κ2) is 6.60. The maximum absolute atomic E-state index is 13.2. The van der Waals surface area contributed by atoms with Crippen LogP contribution in [0.15, 0.2) is 24.3 Å². The molecule has 1 saturated heterocycles. The second-order valence-electron chi connectivity index (χ2n) is 5.90. The number of carbonyl (C=O) groups is 1. The number of benzene rings is 1. The maximum Gasteiger partial charge on any atom is 0.322 e. The lowest BCUT2D eigenvalue weighted by Crippen LogP contribution is -2.53. The Kier molecular flexibility index (Phi) is 5.01. The first-order chi connectivity index (χ1) is 10.3. The van der Waals surface area contributed by atoms with E-state index in [9.17, 15) is 13.6 Å². The van der Waals surface area contributed by atoms with Crippen molar-refractivity contribution < 1.29 is 18.3 Å². The number of halogens is 2. The fourth-order valence-corrected chi connectivity index (χ4v) is 2.79. The van der Waals surface area contributed by atoms with Gasteiger partial charge >= 0.3 is 5.92 Å². The zero-order valence-electron chi connectivity index (χ0n) is 12.9. The lowest BCUT2D eigenvalue weighted by molar-refractivity contribution is -0.157. The Morgan fingerprint density at radius 3 is 2.59 bits per heavy atom. The van der Waals surface area contributed by atoms with Crippen molar-refractivity contribution in [3.05, 3.63) is 29.8 Å². The summed E-state index contributed by atoms with van der Waals surface area (Å²) in [5.74, 6) is -3.70. The van der Waals surface area contributed by atoms with Crippen LogP contribution in [-0.4, -0.2) is 43.0 Å². The zero-order chi connectivity index (χ0) is 16.3. The van der Waals surface area contributed by atoms with Crippen LogP contribution in [0.4, 0.5) is 8.78 Å². The SMILES string of the molecule is COc1ccc(CC2CN(C(=O)C(C)(F)F)CCC2N)cc1. The normalized spacial score (nSPS) is 22.5. The number of piperidine rings is 1. The molecular weight excluding hydrogens is 290 g/mol. The Labute approximate surface area is 129 Å². The summed E-state index contributed by atoms with van der Waals surface area (Å²) in [7, 11) is 1.60. The van der Waals surface area contributed by atoms with Crippen LogP contribution in [-0.2, 0) is 11.2 Å². The van der Waals surface area contributed by atoms with Gasteiger partial charge in [-0.2, -0.15) is 8.78 Å². The smallest absolute Gasteiger partial charge is 0.322 e. The molecule has 0 saturated carbocycles. The van der Waals surface area contributed by atoms with E-state index in [0.29, 0.717) is 26.3 Å². The lowest BCUT2D eigenvalue weighted by atomic mass is 9.87. The van der Waals surface area contributed by atoms with E-state index < -0.39 is 11.8 Å². The first kappa shape index (κ1) is 16.7. The van der Waals surface area contributed by atoms with Crippen LogP contribution in [0.3, 0.4) is 0 Å². The van der Waals surface area contributed by atoms with Gasteiger partial charge in [0.1, 0.15) is 5.75 Å². The van der Waals surface area contributed by atoms with Crippen LogP contribution in [0.2, 0.25) is 0 Å². The summed E-state index contributed by atoms with van der Waals surface area (Å²) in [6.45, 7) is 1.21. The van der Waals surface area contributed by atoms with Gasteiger partial charge in [-0.1, -0.05) is 12.1 Å². The molecule has 6 heteroatoms. The Morgan fingerprint density at radius 1 is 1.41 bits per heavy atom. The summed E-state index contributed by atoms with van der Waals surface area (Å²) >= 11 is 0. The molecular formula is C16H22F2N2O2. The molecule has 4 nitrogen and oxygen atoms in total. The highest BCUT2D eigenvalue weighted by atomic mass is 19.3. The molecule has 2 rings (SSSR count). The van der Waals surface area contributed by atoms with E-state index >= 15 is 0 Å². The summed E-state index contributed by atoms with van der Waals surface area (Å²) in [5.41, 5.74) is 7.16. The number of ether oxygens (including phenoxy) is 1. The van der Waals surface area contributed by atoms with Crippen molar-refractivity contribution in [2.45, 2.75) is 31.7 Å². The van der Waals surface area contributed by atoms with Crippen molar-refractivity contribution in [3.63, 3.8) is 0 Å². The predicted molar refractivity (Wildman–Crippen MR) is 80.0 cm³/mol. The number of methoxy groups -OCH3 is 1. The summed E-state index contributed by atoms with van der Waals surface area (Å²) in [6.07, 6.45) is 1.20. The molecule has 1 fully saturated rings. The van der Waals surface area contributed by atoms with Crippen LogP contribution < -0.4 is 10.5 Å². The summed E-state index contributed by atoms with van der Waals surface area (Å²) < 4.78 is 31.5. The largest absolute Gasteiger partial charge is 0.497 e. The van der Waals surface area contributed by atoms with Gasteiger partial charge in [-0.25, -0.2) is 0 Å². The van der Waals surface area contributed by atoms with Gasteiger partial charge in [0.05, 0.1) is 7.11 Å². The highest BCUT2D eigenvalue weighted by molar-refractivity contribution is 5.83. The van der Waals surface area contributed by atoms with Gasteiger partial charge in [-0.3, -0.25) is 4.79 Å². The fourth-order valence-electron chi connectivity index (χ4n) is 2.79. The average Bonchev–Trinajstić information content (AvgIpc) is 2.48. The molecule has 1 aromatic rings. The van der Waals surface area contributed by atoms with Gasteiger partial charge in [0.2, 0.25) is 0 Å². The first-order valence-corrected chi connectivity index (χ1v) is 7.37. The third-order valence-corrected chi connectivity index (χ3v) is 4.11.